The van der Waals surface area contributed by atoms with E-state index in [-0.39, 0.29) is 0 Å². The number of rotatable bonds is 8. The standard InChI is InChI=1S/C14H28N2O/c1-13(5-8-15)4-3-9-16-10-6-14(7-11-16)12-17-2/h6,13H,3-5,7-12,15H2,1-2H3. The molecular weight excluding hydrogens is 212 g/mol. The highest BCUT2D eigenvalue weighted by Crippen LogP contribution is 2.14. The van der Waals surface area contributed by atoms with Crippen LogP contribution in [0, 0.1) is 5.92 Å². The molecule has 0 radical (unpaired) electrons. The van der Waals surface area contributed by atoms with Crippen molar-refractivity contribution in [1.29, 1.82) is 0 Å². The molecule has 0 saturated heterocycles. The van der Waals surface area contributed by atoms with Gasteiger partial charge in [-0.1, -0.05) is 13.0 Å². The summed E-state index contributed by atoms with van der Waals surface area (Å²) >= 11 is 0. The van der Waals surface area contributed by atoms with Crippen LogP contribution in [0.25, 0.3) is 0 Å². The number of hydrogen-bond donors (Lipinski definition) is 1. The molecule has 0 saturated carbocycles. The molecule has 0 spiro atoms. The minimum atomic E-state index is 0.782. The van der Waals surface area contributed by atoms with Gasteiger partial charge in [0, 0.05) is 20.2 Å². The van der Waals surface area contributed by atoms with E-state index in [1.807, 2.05) is 0 Å². The van der Waals surface area contributed by atoms with Crippen LogP contribution in [0.15, 0.2) is 11.6 Å². The summed E-state index contributed by atoms with van der Waals surface area (Å²) in [6, 6.07) is 0. The zero-order valence-corrected chi connectivity index (χ0v) is 11.5. The fourth-order valence-electron chi connectivity index (χ4n) is 2.37. The van der Waals surface area contributed by atoms with Crippen molar-refractivity contribution in [2.24, 2.45) is 11.7 Å². The molecule has 0 amide bonds. The predicted molar refractivity (Wildman–Crippen MR) is 73.1 cm³/mol. The average molecular weight is 240 g/mol. The summed E-state index contributed by atoms with van der Waals surface area (Å²) < 4.78 is 5.16. The van der Waals surface area contributed by atoms with E-state index in [4.69, 9.17) is 10.5 Å². The average Bonchev–Trinajstić information content (AvgIpc) is 2.32. The van der Waals surface area contributed by atoms with Crippen molar-refractivity contribution in [3.63, 3.8) is 0 Å². The molecule has 1 rings (SSSR count). The van der Waals surface area contributed by atoms with E-state index in [2.05, 4.69) is 17.9 Å². The van der Waals surface area contributed by atoms with Gasteiger partial charge in [0.2, 0.25) is 0 Å². The van der Waals surface area contributed by atoms with Gasteiger partial charge in [-0.25, -0.2) is 0 Å². The molecule has 0 fully saturated rings. The molecular formula is C14H28N2O. The topological polar surface area (TPSA) is 38.5 Å². The molecule has 0 aromatic rings. The Morgan fingerprint density at radius 2 is 2.29 bits per heavy atom. The minimum absolute atomic E-state index is 0.782. The third-order valence-corrected chi connectivity index (χ3v) is 3.55. The van der Waals surface area contributed by atoms with Gasteiger partial charge in [0.05, 0.1) is 6.61 Å². The second-order valence-corrected chi connectivity index (χ2v) is 5.17. The Labute approximate surface area is 106 Å². The Bertz CT molecular complexity index is 228. The van der Waals surface area contributed by atoms with Gasteiger partial charge < -0.3 is 10.5 Å². The molecule has 0 aromatic carbocycles. The van der Waals surface area contributed by atoms with E-state index in [0.717, 1.165) is 32.0 Å². The maximum Gasteiger partial charge on any atom is 0.0673 e. The van der Waals surface area contributed by atoms with Gasteiger partial charge in [-0.15, -0.1) is 0 Å². The maximum atomic E-state index is 5.56. The van der Waals surface area contributed by atoms with Crippen molar-refractivity contribution in [1.82, 2.24) is 4.90 Å². The predicted octanol–water partition coefficient (Wildman–Crippen LogP) is 2.03. The van der Waals surface area contributed by atoms with Gasteiger partial charge in [0.15, 0.2) is 0 Å². The van der Waals surface area contributed by atoms with Gasteiger partial charge >= 0.3 is 0 Å². The summed E-state index contributed by atoms with van der Waals surface area (Å²) in [5, 5.41) is 0. The molecule has 0 aromatic heterocycles. The van der Waals surface area contributed by atoms with Crippen molar-refractivity contribution in [2.45, 2.75) is 32.6 Å². The third-order valence-electron chi connectivity index (χ3n) is 3.55. The molecule has 1 aliphatic heterocycles. The fraction of sp³-hybridized carbons (Fsp3) is 0.857. The van der Waals surface area contributed by atoms with Crippen molar-refractivity contribution in [3.8, 4) is 0 Å². The van der Waals surface area contributed by atoms with Crippen LogP contribution in [0.5, 0.6) is 0 Å². The van der Waals surface area contributed by atoms with Crippen molar-refractivity contribution >= 4 is 0 Å². The normalized spacial score (nSPS) is 19.1. The lowest BCUT2D eigenvalue weighted by Gasteiger charge is -2.26. The fourth-order valence-corrected chi connectivity index (χ4v) is 2.37. The van der Waals surface area contributed by atoms with Crippen LogP contribution >= 0.6 is 0 Å². The lowest BCUT2D eigenvalue weighted by atomic mass is 10.0. The molecule has 100 valence electrons. The summed E-state index contributed by atoms with van der Waals surface area (Å²) in [4.78, 5) is 2.54. The maximum absolute atomic E-state index is 5.56. The highest BCUT2D eigenvalue weighted by Gasteiger charge is 2.11. The lowest BCUT2D eigenvalue weighted by Crippen LogP contribution is -2.30. The number of hydrogen-bond acceptors (Lipinski definition) is 3. The van der Waals surface area contributed by atoms with E-state index in [9.17, 15) is 0 Å². The monoisotopic (exact) mass is 240 g/mol. The largest absolute Gasteiger partial charge is 0.380 e. The highest BCUT2D eigenvalue weighted by molar-refractivity contribution is 5.07. The Hall–Kier alpha value is -0.380. The Balaban J connectivity index is 2.10. The molecule has 2 N–H and O–H groups in total. The van der Waals surface area contributed by atoms with Crippen molar-refractivity contribution in [2.75, 3.05) is 39.9 Å². The lowest BCUT2D eigenvalue weighted by molar-refractivity contribution is 0.210. The minimum Gasteiger partial charge on any atom is -0.380 e. The zero-order chi connectivity index (χ0) is 12.5. The van der Waals surface area contributed by atoms with Gasteiger partial charge in [0.25, 0.3) is 0 Å². The van der Waals surface area contributed by atoms with Crippen LogP contribution in [0.3, 0.4) is 0 Å². The molecule has 0 aliphatic carbocycles. The molecule has 1 heterocycles. The first-order chi connectivity index (χ1) is 8.26. The summed E-state index contributed by atoms with van der Waals surface area (Å²) in [5.74, 6) is 0.782. The summed E-state index contributed by atoms with van der Waals surface area (Å²) in [6.07, 6.45) is 7.28. The summed E-state index contributed by atoms with van der Waals surface area (Å²) in [6.45, 7) is 7.46. The molecule has 3 nitrogen and oxygen atoms in total. The number of ether oxygens (including phenoxy) is 1. The van der Waals surface area contributed by atoms with Crippen LogP contribution in [0.4, 0.5) is 0 Å². The van der Waals surface area contributed by atoms with E-state index >= 15 is 0 Å². The number of methoxy groups -OCH3 is 1. The molecule has 3 heteroatoms. The summed E-state index contributed by atoms with van der Waals surface area (Å²) in [7, 11) is 1.77. The molecule has 17 heavy (non-hydrogen) atoms. The molecule has 0 bridgehead atoms. The quantitative estimate of drug-likeness (QED) is 0.660. The first-order valence-electron chi connectivity index (χ1n) is 6.85. The van der Waals surface area contributed by atoms with Crippen LogP contribution < -0.4 is 5.73 Å². The first kappa shape index (κ1) is 14.7. The van der Waals surface area contributed by atoms with E-state index in [1.54, 1.807) is 7.11 Å². The van der Waals surface area contributed by atoms with E-state index in [1.165, 1.54) is 37.9 Å². The summed E-state index contributed by atoms with van der Waals surface area (Å²) in [5.41, 5.74) is 7.02. The van der Waals surface area contributed by atoms with Crippen LogP contribution in [-0.4, -0.2) is 44.8 Å². The van der Waals surface area contributed by atoms with Gasteiger partial charge in [-0.3, -0.25) is 4.90 Å². The first-order valence-corrected chi connectivity index (χ1v) is 6.85. The van der Waals surface area contributed by atoms with Crippen LogP contribution in [0.1, 0.15) is 32.6 Å². The van der Waals surface area contributed by atoms with Gasteiger partial charge in [0.1, 0.15) is 0 Å². The Kier molecular flexibility index (Phi) is 7.49. The SMILES string of the molecule is COCC1=CCN(CCCC(C)CCN)CC1. The Morgan fingerprint density at radius 3 is 2.88 bits per heavy atom. The number of nitrogens with two attached hydrogens (primary N) is 1. The van der Waals surface area contributed by atoms with Gasteiger partial charge in [-0.05, 0) is 50.3 Å². The molecule has 1 aliphatic rings. The second kappa shape index (κ2) is 8.67. The van der Waals surface area contributed by atoms with E-state index in [0.29, 0.717) is 0 Å². The van der Waals surface area contributed by atoms with Crippen LogP contribution in [-0.2, 0) is 4.74 Å². The zero-order valence-electron chi connectivity index (χ0n) is 11.5. The second-order valence-electron chi connectivity index (χ2n) is 5.17. The molecule has 1 unspecified atom stereocenters. The van der Waals surface area contributed by atoms with E-state index < -0.39 is 0 Å². The number of nitrogens with zero attached hydrogens (tertiary/aromatic N) is 1. The van der Waals surface area contributed by atoms with Crippen molar-refractivity contribution < 1.29 is 4.74 Å². The van der Waals surface area contributed by atoms with Crippen molar-refractivity contribution in [3.05, 3.63) is 11.6 Å². The third kappa shape index (κ3) is 6.20. The molecule has 1 atom stereocenters. The van der Waals surface area contributed by atoms with Crippen LogP contribution in [0.2, 0.25) is 0 Å². The highest BCUT2D eigenvalue weighted by atomic mass is 16.5. The smallest absolute Gasteiger partial charge is 0.0673 e. The Morgan fingerprint density at radius 1 is 1.47 bits per heavy atom. The van der Waals surface area contributed by atoms with Gasteiger partial charge in [-0.2, -0.15) is 0 Å².